The number of rotatable bonds is 3. The monoisotopic (exact) mass is 324 g/mol. The molecule has 0 N–H and O–H groups in total. The van der Waals surface area contributed by atoms with Crippen molar-refractivity contribution in [3.63, 3.8) is 0 Å². The van der Waals surface area contributed by atoms with Crippen LogP contribution in [0.4, 0.5) is 0 Å². The lowest BCUT2D eigenvalue weighted by Crippen LogP contribution is -1.96. The van der Waals surface area contributed by atoms with Crippen molar-refractivity contribution in [2.75, 3.05) is 7.11 Å². The topological polar surface area (TPSA) is 9.23 Å². The van der Waals surface area contributed by atoms with E-state index in [9.17, 15) is 0 Å². The quantitative estimate of drug-likeness (QED) is 0.714. The summed E-state index contributed by atoms with van der Waals surface area (Å²) < 4.78 is 6.22. The first-order valence-corrected chi connectivity index (χ1v) is 6.89. The molecule has 0 aromatic heterocycles. The summed E-state index contributed by atoms with van der Waals surface area (Å²) in [7, 11) is 1.66. The Balaban J connectivity index is 2.35. The largest absolute Gasteiger partial charge is 0.497 e. The molecule has 1 unspecified atom stereocenters. The molecule has 1 atom stereocenters. The van der Waals surface area contributed by atoms with E-state index in [2.05, 4.69) is 28.9 Å². The number of methoxy groups -OCH3 is 1. The van der Waals surface area contributed by atoms with Crippen molar-refractivity contribution in [1.82, 2.24) is 0 Å². The third kappa shape index (κ3) is 2.70. The molecule has 0 aliphatic heterocycles. The van der Waals surface area contributed by atoms with Crippen LogP contribution in [0.15, 0.2) is 46.9 Å². The first-order chi connectivity index (χ1) is 8.63. The van der Waals surface area contributed by atoms with Gasteiger partial charge in [-0.1, -0.05) is 46.3 Å². The summed E-state index contributed by atoms with van der Waals surface area (Å²) in [5, 5.41) is -0.162. The molecule has 2 rings (SSSR count). The molecular formula is C15H14BrClO. The van der Waals surface area contributed by atoms with E-state index in [0.717, 1.165) is 21.3 Å². The van der Waals surface area contributed by atoms with Crippen LogP contribution >= 0.6 is 27.5 Å². The second-order valence-electron chi connectivity index (χ2n) is 4.11. The van der Waals surface area contributed by atoms with Gasteiger partial charge in [-0.25, -0.2) is 0 Å². The highest BCUT2D eigenvalue weighted by Gasteiger charge is 2.14. The van der Waals surface area contributed by atoms with Crippen LogP contribution in [-0.2, 0) is 0 Å². The average Bonchev–Trinajstić information content (AvgIpc) is 2.41. The van der Waals surface area contributed by atoms with E-state index in [4.69, 9.17) is 16.3 Å². The SMILES string of the molecule is COc1ccc(C(Cl)c2cccc(C)c2Br)cc1. The van der Waals surface area contributed by atoms with E-state index < -0.39 is 0 Å². The van der Waals surface area contributed by atoms with E-state index in [1.165, 1.54) is 5.56 Å². The van der Waals surface area contributed by atoms with Crippen LogP contribution in [0.1, 0.15) is 22.1 Å². The van der Waals surface area contributed by atoms with E-state index >= 15 is 0 Å². The minimum atomic E-state index is -0.162. The van der Waals surface area contributed by atoms with Crippen molar-refractivity contribution in [2.24, 2.45) is 0 Å². The summed E-state index contributed by atoms with van der Waals surface area (Å²) in [5.74, 6) is 0.839. The number of hydrogen-bond donors (Lipinski definition) is 0. The fourth-order valence-corrected chi connectivity index (χ4v) is 2.77. The van der Waals surface area contributed by atoms with E-state index in [0.29, 0.717) is 0 Å². The molecule has 3 heteroatoms. The molecule has 0 saturated carbocycles. The van der Waals surface area contributed by atoms with Crippen molar-refractivity contribution in [3.8, 4) is 5.75 Å². The molecule has 0 bridgehead atoms. The van der Waals surface area contributed by atoms with Crippen molar-refractivity contribution in [2.45, 2.75) is 12.3 Å². The van der Waals surface area contributed by atoms with Gasteiger partial charge < -0.3 is 4.74 Å². The van der Waals surface area contributed by atoms with Gasteiger partial charge in [0.25, 0.3) is 0 Å². The van der Waals surface area contributed by atoms with Gasteiger partial charge in [-0.2, -0.15) is 0 Å². The third-order valence-electron chi connectivity index (χ3n) is 2.90. The molecular weight excluding hydrogens is 312 g/mol. The molecule has 0 aliphatic rings. The molecule has 2 aromatic carbocycles. The van der Waals surface area contributed by atoms with Crippen LogP contribution in [0.25, 0.3) is 0 Å². The van der Waals surface area contributed by atoms with Gasteiger partial charge in [0.05, 0.1) is 12.5 Å². The highest BCUT2D eigenvalue weighted by molar-refractivity contribution is 9.10. The van der Waals surface area contributed by atoms with Gasteiger partial charge in [-0.3, -0.25) is 0 Å². The van der Waals surface area contributed by atoms with Gasteiger partial charge >= 0.3 is 0 Å². The normalized spacial score (nSPS) is 12.2. The lowest BCUT2D eigenvalue weighted by Gasteiger charge is -2.14. The molecule has 0 aliphatic carbocycles. The summed E-state index contributed by atoms with van der Waals surface area (Å²) >= 11 is 10.1. The second kappa shape index (κ2) is 5.77. The van der Waals surface area contributed by atoms with E-state index in [1.807, 2.05) is 36.4 Å². The maximum atomic E-state index is 6.53. The molecule has 0 amide bonds. The van der Waals surface area contributed by atoms with E-state index in [1.54, 1.807) is 7.11 Å². The number of ether oxygens (including phenoxy) is 1. The molecule has 94 valence electrons. The maximum Gasteiger partial charge on any atom is 0.118 e. The van der Waals surface area contributed by atoms with Gasteiger partial charge in [0.1, 0.15) is 5.75 Å². The maximum absolute atomic E-state index is 6.53. The first kappa shape index (κ1) is 13.4. The molecule has 0 spiro atoms. The smallest absolute Gasteiger partial charge is 0.118 e. The number of alkyl halides is 1. The zero-order chi connectivity index (χ0) is 13.1. The lowest BCUT2D eigenvalue weighted by atomic mass is 10.0. The van der Waals surface area contributed by atoms with Crippen LogP contribution in [0.2, 0.25) is 0 Å². The van der Waals surface area contributed by atoms with Gasteiger partial charge in [-0.05, 0) is 35.7 Å². The van der Waals surface area contributed by atoms with Crippen LogP contribution in [-0.4, -0.2) is 7.11 Å². The summed E-state index contributed by atoms with van der Waals surface area (Å²) in [6, 6.07) is 14.0. The summed E-state index contributed by atoms with van der Waals surface area (Å²) in [6.07, 6.45) is 0. The Morgan fingerprint density at radius 1 is 1.11 bits per heavy atom. The minimum Gasteiger partial charge on any atom is -0.497 e. The fourth-order valence-electron chi connectivity index (χ4n) is 1.82. The van der Waals surface area contributed by atoms with Crippen LogP contribution in [0.3, 0.4) is 0 Å². The van der Waals surface area contributed by atoms with Crippen LogP contribution in [0.5, 0.6) is 5.75 Å². The van der Waals surface area contributed by atoms with Crippen molar-refractivity contribution >= 4 is 27.5 Å². The Labute approximate surface area is 121 Å². The zero-order valence-electron chi connectivity index (χ0n) is 10.3. The number of benzene rings is 2. The van der Waals surface area contributed by atoms with Crippen molar-refractivity contribution < 1.29 is 4.74 Å². The average molecular weight is 326 g/mol. The third-order valence-corrected chi connectivity index (χ3v) is 4.47. The predicted octanol–water partition coefficient (Wildman–Crippen LogP) is 5.09. The standard InChI is InChI=1S/C15H14BrClO/c1-10-4-3-5-13(14(10)16)15(17)11-6-8-12(18-2)9-7-11/h3-9,15H,1-2H3. The lowest BCUT2D eigenvalue weighted by molar-refractivity contribution is 0.414. The van der Waals surface area contributed by atoms with Gasteiger partial charge in [0.15, 0.2) is 0 Å². The Morgan fingerprint density at radius 3 is 2.39 bits per heavy atom. The zero-order valence-corrected chi connectivity index (χ0v) is 12.6. The van der Waals surface area contributed by atoms with Gasteiger partial charge in [0, 0.05) is 4.47 Å². The van der Waals surface area contributed by atoms with Gasteiger partial charge in [-0.15, -0.1) is 11.6 Å². The Bertz CT molecular complexity index is 537. The highest BCUT2D eigenvalue weighted by Crippen LogP contribution is 2.35. The molecule has 0 radical (unpaired) electrons. The number of aryl methyl sites for hydroxylation is 1. The summed E-state index contributed by atoms with van der Waals surface area (Å²) in [6.45, 7) is 2.06. The fraction of sp³-hybridized carbons (Fsp3) is 0.200. The van der Waals surface area contributed by atoms with Crippen molar-refractivity contribution in [1.29, 1.82) is 0 Å². The van der Waals surface area contributed by atoms with Crippen molar-refractivity contribution in [3.05, 3.63) is 63.6 Å². The summed E-state index contributed by atoms with van der Waals surface area (Å²) in [4.78, 5) is 0. The Morgan fingerprint density at radius 2 is 1.78 bits per heavy atom. The molecule has 0 fully saturated rings. The number of halogens is 2. The van der Waals surface area contributed by atoms with E-state index in [-0.39, 0.29) is 5.38 Å². The second-order valence-corrected chi connectivity index (χ2v) is 5.34. The van der Waals surface area contributed by atoms with Crippen LogP contribution in [0, 0.1) is 6.92 Å². The summed E-state index contributed by atoms with van der Waals surface area (Å²) in [5.41, 5.74) is 3.33. The van der Waals surface area contributed by atoms with Gasteiger partial charge in [0.2, 0.25) is 0 Å². The Hall–Kier alpha value is -0.990. The Kier molecular flexibility index (Phi) is 4.31. The number of hydrogen-bond acceptors (Lipinski definition) is 1. The predicted molar refractivity (Wildman–Crippen MR) is 79.6 cm³/mol. The molecule has 0 heterocycles. The molecule has 0 saturated heterocycles. The first-order valence-electron chi connectivity index (χ1n) is 5.66. The molecule has 2 aromatic rings. The minimum absolute atomic E-state index is 0.162. The molecule has 18 heavy (non-hydrogen) atoms. The molecule has 1 nitrogen and oxygen atoms in total. The highest BCUT2D eigenvalue weighted by atomic mass is 79.9. The van der Waals surface area contributed by atoms with Crippen LogP contribution < -0.4 is 4.74 Å².